The molecule has 0 heterocycles. The van der Waals surface area contributed by atoms with Gasteiger partial charge in [0.2, 0.25) is 5.91 Å². The van der Waals surface area contributed by atoms with E-state index in [0.717, 1.165) is 6.92 Å². The highest BCUT2D eigenvalue weighted by Crippen LogP contribution is 1.94. The third-order valence-electron chi connectivity index (χ3n) is 1.44. The van der Waals surface area contributed by atoms with Gasteiger partial charge in [-0.25, -0.2) is 0 Å². The molecule has 0 aliphatic heterocycles. The van der Waals surface area contributed by atoms with Gasteiger partial charge in [0.15, 0.2) is 0 Å². The lowest BCUT2D eigenvalue weighted by Crippen LogP contribution is -2.34. The van der Waals surface area contributed by atoms with E-state index >= 15 is 0 Å². The zero-order valence-corrected chi connectivity index (χ0v) is 9.75. The topological polar surface area (TPSA) is 167 Å². The first-order chi connectivity index (χ1) is 8.16. The lowest BCUT2D eigenvalue weighted by molar-refractivity contribution is -0.140. The molecule has 18 heavy (non-hydrogen) atoms. The summed E-state index contributed by atoms with van der Waals surface area (Å²) in [6.45, 7) is 0.612. The standard InChI is InChI=1S/C7H12N2O5.C2H4O2/c8-4(7(13)14)1-2-5(10)9-3-6(11)12;1-2(3)4/h4H,1-3,8H2,(H,9,10)(H,11,12)(H,13,14);1H3,(H,3,4)/t4-;/m1./s1. The van der Waals surface area contributed by atoms with E-state index in [1.807, 2.05) is 0 Å². The third kappa shape index (κ3) is 16.3. The van der Waals surface area contributed by atoms with Crippen LogP contribution < -0.4 is 11.1 Å². The first-order valence-corrected chi connectivity index (χ1v) is 4.83. The van der Waals surface area contributed by atoms with Gasteiger partial charge in [-0.3, -0.25) is 19.2 Å². The lowest BCUT2D eigenvalue weighted by Gasteiger charge is -2.05. The van der Waals surface area contributed by atoms with E-state index in [4.69, 9.17) is 25.8 Å². The van der Waals surface area contributed by atoms with Crippen LogP contribution in [0.15, 0.2) is 0 Å². The number of aliphatic carboxylic acids is 3. The van der Waals surface area contributed by atoms with E-state index in [1.54, 1.807) is 0 Å². The van der Waals surface area contributed by atoms with Crippen LogP contribution in [0.4, 0.5) is 0 Å². The van der Waals surface area contributed by atoms with Gasteiger partial charge in [-0.2, -0.15) is 0 Å². The molecule has 1 amide bonds. The molecule has 0 aliphatic rings. The predicted molar refractivity (Wildman–Crippen MR) is 58.8 cm³/mol. The van der Waals surface area contributed by atoms with E-state index in [2.05, 4.69) is 5.32 Å². The minimum absolute atomic E-state index is 0.0131. The van der Waals surface area contributed by atoms with Gasteiger partial charge in [0.05, 0.1) is 0 Å². The number of carboxylic acid groups (broad SMARTS) is 3. The summed E-state index contributed by atoms with van der Waals surface area (Å²) in [4.78, 5) is 40.1. The second-order valence-corrected chi connectivity index (χ2v) is 3.17. The predicted octanol–water partition coefficient (Wildman–Crippen LogP) is -1.53. The van der Waals surface area contributed by atoms with E-state index < -0.39 is 36.4 Å². The molecular weight excluding hydrogens is 248 g/mol. The fraction of sp³-hybridized carbons (Fsp3) is 0.556. The van der Waals surface area contributed by atoms with Crippen molar-refractivity contribution in [1.29, 1.82) is 0 Å². The molecule has 0 fully saturated rings. The monoisotopic (exact) mass is 264 g/mol. The molecule has 0 radical (unpaired) electrons. The van der Waals surface area contributed by atoms with Crippen molar-refractivity contribution in [1.82, 2.24) is 5.32 Å². The first-order valence-electron chi connectivity index (χ1n) is 4.83. The maximum atomic E-state index is 10.9. The van der Waals surface area contributed by atoms with Gasteiger partial charge in [0, 0.05) is 13.3 Å². The maximum Gasteiger partial charge on any atom is 0.322 e. The Morgan fingerprint density at radius 3 is 1.94 bits per heavy atom. The number of carbonyl (C=O) groups is 4. The van der Waals surface area contributed by atoms with E-state index in [-0.39, 0.29) is 12.8 Å². The molecule has 0 saturated carbocycles. The zero-order valence-electron chi connectivity index (χ0n) is 9.75. The summed E-state index contributed by atoms with van der Waals surface area (Å²) < 4.78 is 0. The molecule has 0 bridgehead atoms. The quantitative estimate of drug-likeness (QED) is 0.385. The number of nitrogens with one attached hydrogen (secondary N) is 1. The average molecular weight is 264 g/mol. The van der Waals surface area contributed by atoms with Crippen molar-refractivity contribution in [2.45, 2.75) is 25.8 Å². The summed E-state index contributed by atoms with van der Waals surface area (Å²) >= 11 is 0. The van der Waals surface area contributed by atoms with Crippen molar-refractivity contribution in [3.63, 3.8) is 0 Å². The molecule has 0 spiro atoms. The van der Waals surface area contributed by atoms with E-state index in [9.17, 15) is 14.4 Å². The molecule has 0 rings (SSSR count). The zero-order chi connectivity index (χ0) is 14.7. The molecule has 0 unspecified atom stereocenters. The Hall–Kier alpha value is -2.16. The van der Waals surface area contributed by atoms with Gasteiger partial charge >= 0.3 is 11.9 Å². The molecule has 104 valence electrons. The van der Waals surface area contributed by atoms with E-state index in [0.29, 0.717) is 0 Å². The Kier molecular flexibility index (Phi) is 10.1. The van der Waals surface area contributed by atoms with Gasteiger partial charge in [-0.15, -0.1) is 0 Å². The highest BCUT2D eigenvalue weighted by Gasteiger charge is 2.13. The Morgan fingerprint density at radius 2 is 1.61 bits per heavy atom. The minimum atomic E-state index is -1.18. The van der Waals surface area contributed by atoms with Gasteiger partial charge < -0.3 is 26.4 Å². The van der Waals surface area contributed by atoms with Crippen LogP contribution in [-0.2, 0) is 19.2 Å². The molecular formula is C9H16N2O7. The van der Waals surface area contributed by atoms with Crippen molar-refractivity contribution >= 4 is 23.8 Å². The first kappa shape index (κ1) is 18.2. The second kappa shape index (κ2) is 10.0. The normalized spacial score (nSPS) is 10.6. The fourth-order valence-electron chi connectivity index (χ4n) is 0.673. The van der Waals surface area contributed by atoms with Crippen LogP contribution in [0.1, 0.15) is 19.8 Å². The van der Waals surface area contributed by atoms with E-state index in [1.165, 1.54) is 0 Å². The van der Waals surface area contributed by atoms with Gasteiger partial charge in [-0.05, 0) is 6.42 Å². The number of carbonyl (C=O) groups excluding carboxylic acids is 1. The van der Waals surface area contributed by atoms with Gasteiger partial charge in [0.25, 0.3) is 5.97 Å². The highest BCUT2D eigenvalue weighted by atomic mass is 16.4. The van der Waals surface area contributed by atoms with Crippen LogP contribution >= 0.6 is 0 Å². The molecule has 6 N–H and O–H groups in total. The Labute approximate surface area is 103 Å². The molecule has 1 atom stereocenters. The van der Waals surface area contributed by atoms with Gasteiger partial charge in [-0.1, -0.05) is 0 Å². The summed E-state index contributed by atoms with van der Waals surface area (Å²) in [5.74, 6) is -3.69. The number of hydrogen-bond acceptors (Lipinski definition) is 5. The van der Waals surface area contributed by atoms with Crippen LogP contribution in [0.2, 0.25) is 0 Å². The smallest absolute Gasteiger partial charge is 0.322 e. The summed E-state index contributed by atoms with van der Waals surface area (Å²) in [7, 11) is 0. The Bertz CT molecular complexity index is 312. The van der Waals surface area contributed by atoms with Crippen LogP contribution in [0.5, 0.6) is 0 Å². The van der Waals surface area contributed by atoms with Crippen LogP contribution in [0.25, 0.3) is 0 Å². The van der Waals surface area contributed by atoms with Crippen molar-refractivity contribution < 1.29 is 34.5 Å². The Morgan fingerprint density at radius 1 is 1.17 bits per heavy atom. The molecule has 0 aromatic rings. The summed E-state index contributed by atoms with van der Waals surface area (Å²) in [6.07, 6.45) is -0.110. The van der Waals surface area contributed by atoms with Crippen molar-refractivity contribution in [2.75, 3.05) is 6.54 Å². The highest BCUT2D eigenvalue weighted by molar-refractivity contribution is 5.81. The number of nitrogens with two attached hydrogens (primary N) is 1. The maximum absolute atomic E-state index is 10.9. The second-order valence-electron chi connectivity index (χ2n) is 3.17. The number of hydrogen-bond donors (Lipinski definition) is 5. The summed E-state index contributed by atoms with van der Waals surface area (Å²) in [6, 6.07) is -1.09. The average Bonchev–Trinajstić information content (AvgIpc) is 2.21. The fourth-order valence-corrected chi connectivity index (χ4v) is 0.673. The van der Waals surface area contributed by atoms with Crippen LogP contribution in [-0.4, -0.2) is 51.7 Å². The summed E-state index contributed by atoms with van der Waals surface area (Å²) in [5, 5.41) is 26.1. The minimum Gasteiger partial charge on any atom is -0.481 e. The largest absolute Gasteiger partial charge is 0.481 e. The van der Waals surface area contributed by atoms with Crippen LogP contribution in [0.3, 0.4) is 0 Å². The SMILES string of the molecule is CC(=O)O.N[C@H](CCC(=O)NCC(=O)O)C(=O)O. The molecule has 0 aromatic carbocycles. The molecule has 0 aromatic heterocycles. The number of carboxylic acids is 3. The van der Waals surface area contributed by atoms with Crippen molar-refractivity contribution in [2.24, 2.45) is 5.73 Å². The molecule has 0 aliphatic carbocycles. The van der Waals surface area contributed by atoms with Gasteiger partial charge in [0.1, 0.15) is 12.6 Å². The Balaban J connectivity index is 0. The summed E-state index contributed by atoms with van der Waals surface area (Å²) in [5.41, 5.74) is 5.12. The van der Waals surface area contributed by atoms with Crippen molar-refractivity contribution in [3.8, 4) is 0 Å². The van der Waals surface area contributed by atoms with Crippen LogP contribution in [0, 0.1) is 0 Å². The molecule has 9 nitrogen and oxygen atoms in total. The number of rotatable bonds is 6. The number of amides is 1. The molecule has 0 saturated heterocycles. The third-order valence-corrected chi connectivity index (χ3v) is 1.44. The lowest BCUT2D eigenvalue weighted by atomic mass is 10.1. The molecule has 9 heteroatoms. The van der Waals surface area contributed by atoms with Crippen molar-refractivity contribution in [3.05, 3.63) is 0 Å².